The number of hydrogen-bond acceptors (Lipinski definition) is 3. The van der Waals surface area contributed by atoms with Crippen LogP contribution in [-0.2, 0) is 6.54 Å². The number of rotatable bonds is 3. The normalized spacial score (nSPS) is 10.2. The van der Waals surface area contributed by atoms with Crippen LogP contribution in [-0.4, -0.2) is 12.3 Å². The van der Waals surface area contributed by atoms with Crippen molar-refractivity contribution in [1.82, 2.24) is 5.48 Å². The third-order valence-electron chi connectivity index (χ3n) is 1.59. The van der Waals surface area contributed by atoms with Crippen LogP contribution in [0.15, 0.2) is 16.6 Å². The van der Waals surface area contributed by atoms with Crippen LogP contribution in [0.4, 0.5) is 4.39 Å². The quantitative estimate of drug-likeness (QED) is 0.807. The zero-order chi connectivity index (χ0) is 9.84. The van der Waals surface area contributed by atoms with Crippen molar-refractivity contribution in [2.24, 2.45) is 0 Å². The van der Waals surface area contributed by atoms with Crippen LogP contribution in [0.25, 0.3) is 0 Å². The Bertz CT molecular complexity index is 306. The summed E-state index contributed by atoms with van der Waals surface area (Å²) in [6.07, 6.45) is 0. The van der Waals surface area contributed by atoms with E-state index in [4.69, 9.17) is 9.94 Å². The molecule has 0 saturated heterocycles. The molecular formula is C8H9BrFNO2. The van der Waals surface area contributed by atoms with Gasteiger partial charge in [0.05, 0.1) is 11.6 Å². The molecule has 0 bridgehead atoms. The monoisotopic (exact) mass is 249 g/mol. The smallest absolute Gasteiger partial charge is 0.135 e. The van der Waals surface area contributed by atoms with Gasteiger partial charge < -0.3 is 9.94 Å². The summed E-state index contributed by atoms with van der Waals surface area (Å²) in [6, 6.07) is 2.81. The highest BCUT2D eigenvalue weighted by molar-refractivity contribution is 9.10. The molecule has 0 radical (unpaired) electrons. The summed E-state index contributed by atoms with van der Waals surface area (Å²) >= 11 is 3.21. The van der Waals surface area contributed by atoms with Gasteiger partial charge in [-0.1, -0.05) is 0 Å². The van der Waals surface area contributed by atoms with Crippen molar-refractivity contribution in [1.29, 1.82) is 0 Å². The van der Waals surface area contributed by atoms with Crippen LogP contribution >= 0.6 is 15.9 Å². The number of ether oxygens (including phenoxy) is 1. The van der Waals surface area contributed by atoms with Gasteiger partial charge in [-0.05, 0) is 22.0 Å². The summed E-state index contributed by atoms with van der Waals surface area (Å²) < 4.78 is 18.7. The minimum Gasteiger partial charge on any atom is -0.495 e. The highest BCUT2D eigenvalue weighted by Gasteiger charge is 2.07. The topological polar surface area (TPSA) is 41.5 Å². The molecule has 0 saturated carbocycles. The van der Waals surface area contributed by atoms with Crippen molar-refractivity contribution in [3.63, 3.8) is 0 Å². The Hall–Kier alpha value is -0.650. The van der Waals surface area contributed by atoms with Crippen LogP contribution in [0, 0.1) is 5.82 Å². The van der Waals surface area contributed by atoms with Crippen molar-refractivity contribution >= 4 is 15.9 Å². The molecule has 72 valence electrons. The Labute approximate surface area is 83.6 Å². The summed E-state index contributed by atoms with van der Waals surface area (Å²) in [4.78, 5) is 0. The first kappa shape index (κ1) is 10.4. The van der Waals surface area contributed by atoms with Gasteiger partial charge in [-0.2, -0.15) is 0 Å². The Morgan fingerprint density at radius 1 is 1.62 bits per heavy atom. The average Bonchev–Trinajstić information content (AvgIpc) is 2.11. The Morgan fingerprint density at radius 3 is 2.85 bits per heavy atom. The van der Waals surface area contributed by atoms with E-state index in [2.05, 4.69) is 15.9 Å². The largest absolute Gasteiger partial charge is 0.495 e. The molecule has 0 unspecified atom stereocenters. The third kappa shape index (κ3) is 2.40. The first-order valence-corrected chi connectivity index (χ1v) is 4.37. The number of nitrogens with one attached hydrogen (secondary N) is 1. The second kappa shape index (κ2) is 4.55. The molecule has 0 aliphatic carbocycles. The zero-order valence-electron chi connectivity index (χ0n) is 6.97. The van der Waals surface area contributed by atoms with Gasteiger partial charge >= 0.3 is 0 Å². The molecule has 1 rings (SSSR count). The van der Waals surface area contributed by atoms with E-state index in [9.17, 15) is 4.39 Å². The molecule has 0 aliphatic heterocycles. The minimum atomic E-state index is -0.415. The van der Waals surface area contributed by atoms with Gasteiger partial charge in [0.1, 0.15) is 11.6 Å². The fraction of sp³-hybridized carbons (Fsp3) is 0.250. The number of hydrogen-bond donors (Lipinski definition) is 2. The van der Waals surface area contributed by atoms with Gasteiger partial charge in [-0.25, -0.2) is 9.87 Å². The molecule has 3 nitrogen and oxygen atoms in total. The molecule has 0 amide bonds. The maximum Gasteiger partial charge on any atom is 0.135 e. The lowest BCUT2D eigenvalue weighted by Crippen LogP contribution is -2.08. The molecule has 1 aromatic rings. The number of benzene rings is 1. The van der Waals surface area contributed by atoms with E-state index in [1.807, 2.05) is 5.48 Å². The van der Waals surface area contributed by atoms with Gasteiger partial charge in [-0.15, -0.1) is 0 Å². The van der Waals surface area contributed by atoms with Crippen LogP contribution < -0.4 is 10.2 Å². The maximum atomic E-state index is 13.2. The summed E-state index contributed by atoms with van der Waals surface area (Å²) in [6.45, 7) is 0.0639. The second-order valence-corrected chi connectivity index (χ2v) is 3.27. The van der Waals surface area contributed by atoms with Gasteiger partial charge in [0.15, 0.2) is 0 Å². The lowest BCUT2D eigenvalue weighted by Gasteiger charge is -2.06. The highest BCUT2D eigenvalue weighted by atomic mass is 79.9. The zero-order valence-corrected chi connectivity index (χ0v) is 8.56. The first-order chi connectivity index (χ1) is 6.19. The molecule has 0 fully saturated rings. The van der Waals surface area contributed by atoms with Crippen LogP contribution in [0.5, 0.6) is 5.75 Å². The number of methoxy groups -OCH3 is 1. The molecule has 2 N–H and O–H groups in total. The highest BCUT2D eigenvalue weighted by Crippen LogP contribution is 2.27. The molecule has 0 atom stereocenters. The average molecular weight is 250 g/mol. The van der Waals surface area contributed by atoms with E-state index < -0.39 is 5.82 Å². The van der Waals surface area contributed by atoms with Gasteiger partial charge in [0.25, 0.3) is 0 Å². The second-order valence-electron chi connectivity index (χ2n) is 2.41. The summed E-state index contributed by atoms with van der Waals surface area (Å²) in [5, 5.41) is 8.40. The Kier molecular flexibility index (Phi) is 3.65. The number of hydroxylamine groups is 1. The fourth-order valence-electron chi connectivity index (χ4n) is 0.947. The third-order valence-corrected chi connectivity index (χ3v) is 2.21. The van der Waals surface area contributed by atoms with Crippen molar-refractivity contribution in [3.8, 4) is 5.75 Å². The van der Waals surface area contributed by atoms with E-state index in [1.165, 1.54) is 13.2 Å². The fourth-order valence-corrected chi connectivity index (χ4v) is 1.50. The predicted molar refractivity (Wildman–Crippen MR) is 49.3 cm³/mol. The van der Waals surface area contributed by atoms with Gasteiger partial charge in [-0.3, -0.25) is 0 Å². The Morgan fingerprint density at radius 2 is 2.31 bits per heavy atom. The van der Waals surface area contributed by atoms with Gasteiger partial charge in [0.2, 0.25) is 0 Å². The molecule has 1 aromatic carbocycles. The molecule has 0 heterocycles. The number of halogens is 2. The lowest BCUT2D eigenvalue weighted by molar-refractivity contribution is 0.160. The van der Waals surface area contributed by atoms with Gasteiger partial charge in [0, 0.05) is 18.2 Å². The van der Waals surface area contributed by atoms with Crippen molar-refractivity contribution in [2.75, 3.05) is 7.11 Å². The van der Waals surface area contributed by atoms with E-state index in [-0.39, 0.29) is 6.54 Å². The summed E-state index contributed by atoms with van der Waals surface area (Å²) in [7, 11) is 1.46. The van der Waals surface area contributed by atoms with E-state index in [0.717, 1.165) is 0 Å². The maximum absolute atomic E-state index is 13.2. The summed E-state index contributed by atoms with van der Waals surface area (Å²) in [5.41, 5.74) is 2.26. The SMILES string of the molecule is COc1cc(F)c(CNO)cc1Br. The molecular weight excluding hydrogens is 241 g/mol. The summed E-state index contributed by atoms with van der Waals surface area (Å²) in [5.74, 6) is 0.0146. The van der Waals surface area contributed by atoms with E-state index in [0.29, 0.717) is 15.8 Å². The van der Waals surface area contributed by atoms with Crippen LogP contribution in [0.3, 0.4) is 0 Å². The van der Waals surface area contributed by atoms with Crippen LogP contribution in [0.2, 0.25) is 0 Å². The standard InChI is InChI=1S/C8H9BrFNO2/c1-13-8-3-7(10)5(4-11-12)2-6(8)9/h2-3,11-12H,4H2,1H3. The Balaban J connectivity index is 3.05. The van der Waals surface area contributed by atoms with Crippen molar-refractivity contribution in [2.45, 2.75) is 6.54 Å². The molecule has 13 heavy (non-hydrogen) atoms. The minimum absolute atomic E-state index is 0.0639. The molecule has 0 aromatic heterocycles. The van der Waals surface area contributed by atoms with E-state index >= 15 is 0 Å². The first-order valence-electron chi connectivity index (χ1n) is 3.58. The lowest BCUT2D eigenvalue weighted by atomic mass is 10.2. The molecule has 0 spiro atoms. The molecule has 5 heteroatoms. The van der Waals surface area contributed by atoms with E-state index in [1.54, 1.807) is 6.07 Å². The van der Waals surface area contributed by atoms with Crippen molar-refractivity contribution in [3.05, 3.63) is 28.0 Å². The molecule has 0 aliphatic rings. The van der Waals surface area contributed by atoms with Crippen molar-refractivity contribution < 1.29 is 14.3 Å². The van der Waals surface area contributed by atoms with Crippen LogP contribution in [0.1, 0.15) is 5.56 Å². The predicted octanol–water partition coefficient (Wildman–Crippen LogP) is 2.08.